The summed E-state index contributed by atoms with van der Waals surface area (Å²) < 4.78 is 69.0. The normalized spacial score (nSPS) is 12.0. The van der Waals surface area contributed by atoms with Gasteiger partial charge < -0.3 is 10.6 Å². The molecule has 10 nitrogen and oxygen atoms in total. The van der Waals surface area contributed by atoms with Crippen LogP contribution in [0.5, 0.6) is 0 Å². The van der Waals surface area contributed by atoms with Crippen LogP contribution in [0.1, 0.15) is 205 Å². The van der Waals surface area contributed by atoms with E-state index in [1.54, 1.807) is 12.1 Å². The van der Waals surface area contributed by atoms with Gasteiger partial charge in [-0.1, -0.05) is 192 Å². The molecule has 0 saturated heterocycles. The Labute approximate surface area is 351 Å². The number of unbranched alkanes of at least 4 members (excludes halogenated alkanes) is 24. The molecule has 0 aliphatic carbocycles. The van der Waals surface area contributed by atoms with E-state index in [4.69, 9.17) is 0 Å². The number of carbonyl (C=O) groups is 2. The molecule has 0 aliphatic rings. The van der Waals surface area contributed by atoms with Gasteiger partial charge in [-0.3, -0.25) is 18.7 Å². The summed E-state index contributed by atoms with van der Waals surface area (Å²) in [6, 6.07) is 8.32. The Balaban J connectivity index is 1.83. The van der Waals surface area contributed by atoms with Crippen molar-refractivity contribution >= 4 is 55.6 Å². The molecule has 0 spiro atoms. The van der Waals surface area contributed by atoms with E-state index in [-0.39, 0.29) is 36.0 Å². The van der Waals surface area contributed by atoms with Gasteiger partial charge in [-0.15, -0.1) is 0 Å². The lowest BCUT2D eigenvalue weighted by molar-refractivity contribution is -0.117. The third-order valence-corrected chi connectivity index (χ3v) is 12.4. The average molecular weight is 847 g/mol. The van der Waals surface area contributed by atoms with E-state index in [1.807, 2.05) is 0 Å². The summed E-state index contributed by atoms with van der Waals surface area (Å²) in [5.74, 6) is -0.684. The minimum atomic E-state index is -4.70. The number of amides is 2. The number of benzene rings is 2. The first kappa shape index (κ1) is 51.1. The van der Waals surface area contributed by atoms with Gasteiger partial charge in [0.05, 0.1) is 11.4 Å². The number of hydrogen-bond acceptors (Lipinski definition) is 6. The second kappa shape index (κ2) is 30.0. The number of carbonyl (C=O) groups excluding carboxylic acids is 2. The van der Waals surface area contributed by atoms with Crippen molar-refractivity contribution in [1.29, 1.82) is 0 Å². The van der Waals surface area contributed by atoms with Crippen LogP contribution >= 0.6 is 0 Å². The van der Waals surface area contributed by atoms with E-state index < -0.39 is 30.0 Å². The van der Waals surface area contributed by atoms with Gasteiger partial charge in [0.1, 0.15) is 9.79 Å². The molecule has 2 rings (SSSR count). The van der Waals surface area contributed by atoms with Crippen LogP contribution in [0.3, 0.4) is 0 Å². The summed E-state index contributed by atoms with van der Waals surface area (Å²) >= 11 is 0. The zero-order valence-electron chi connectivity index (χ0n) is 35.6. The average Bonchev–Trinajstić information content (AvgIpc) is 3.17. The zero-order valence-corrected chi connectivity index (χ0v) is 37.2. The summed E-state index contributed by atoms with van der Waals surface area (Å²) in [6.07, 6.45) is 34.3. The molecule has 0 heterocycles. The molecule has 0 atom stereocenters. The van der Waals surface area contributed by atoms with Gasteiger partial charge in [0.25, 0.3) is 20.2 Å². The predicted molar refractivity (Wildman–Crippen MR) is 239 cm³/mol. The fourth-order valence-corrected chi connectivity index (χ4v) is 8.51. The molecule has 0 fully saturated rings. The van der Waals surface area contributed by atoms with Gasteiger partial charge >= 0.3 is 0 Å². The van der Waals surface area contributed by atoms with Crippen molar-refractivity contribution in [2.45, 2.75) is 203 Å². The maximum absolute atomic E-state index is 12.7. The first-order valence-corrected chi connectivity index (χ1v) is 25.2. The minimum absolute atomic E-state index is 0.0353. The molecule has 328 valence electrons. The van der Waals surface area contributed by atoms with Gasteiger partial charge in [0.2, 0.25) is 11.8 Å². The lowest BCUT2D eigenvalue weighted by Gasteiger charge is -2.11. The molecule has 0 saturated carbocycles. The molecule has 0 aliphatic heterocycles. The van der Waals surface area contributed by atoms with Crippen molar-refractivity contribution in [3.63, 3.8) is 0 Å². The Morgan fingerprint density at radius 1 is 0.448 bits per heavy atom. The van der Waals surface area contributed by atoms with Crippen molar-refractivity contribution in [2.75, 3.05) is 10.6 Å². The Morgan fingerprint density at radius 3 is 0.966 bits per heavy atom. The van der Waals surface area contributed by atoms with Crippen LogP contribution in [0.15, 0.2) is 46.2 Å². The predicted octanol–water partition coefficient (Wildman–Crippen LogP) is 13.2. The molecule has 0 aromatic heterocycles. The zero-order chi connectivity index (χ0) is 42.5. The molecule has 4 N–H and O–H groups in total. The van der Waals surface area contributed by atoms with Crippen LogP contribution in [0.2, 0.25) is 0 Å². The first-order valence-electron chi connectivity index (χ1n) is 22.4. The van der Waals surface area contributed by atoms with Crippen LogP contribution in [-0.4, -0.2) is 37.8 Å². The lowest BCUT2D eigenvalue weighted by atomic mass is 10.0. The van der Waals surface area contributed by atoms with Crippen molar-refractivity contribution in [1.82, 2.24) is 0 Å². The van der Waals surface area contributed by atoms with E-state index in [0.717, 1.165) is 38.5 Å². The Bertz CT molecular complexity index is 1600. The van der Waals surface area contributed by atoms with Crippen LogP contribution in [-0.2, 0) is 29.8 Å². The molecule has 2 amide bonds. The van der Waals surface area contributed by atoms with Crippen LogP contribution in [0.25, 0.3) is 12.2 Å². The lowest BCUT2D eigenvalue weighted by Crippen LogP contribution is -2.14. The summed E-state index contributed by atoms with van der Waals surface area (Å²) in [6.45, 7) is 4.46. The highest BCUT2D eigenvalue weighted by molar-refractivity contribution is 7.86. The molecule has 0 radical (unpaired) electrons. The highest BCUT2D eigenvalue weighted by Gasteiger charge is 2.19. The molecule has 0 bridgehead atoms. The van der Waals surface area contributed by atoms with E-state index in [1.165, 1.54) is 152 Å². The van der Waals surface area contributed by atoms with Crippen molar-refractivity contribution < 1.29 is 35.5 Å². The summed E-state index contributed by atoms with van der Waals surface area (Å²) in [7, 11) is -9.39. The third-order valence-electron chi connectivity index (χ3n) is 10.6. The number of rotatable bonds is 34. The monoisotopic (exact) mass is 846 g/mol. The van der Waals surface area contributed by atoms with Gasteiger partial charge in [-0.25, -0.2) is 0 Å². The number of hydrogen-bond donors (Lipinski definition) is 4. The highest BCUT2D eigenvalue weighted by Crippen LogP contribution is 2.27. The molecule has 12 heteroatoms. The third kappa shape index (κ3) is 23.5. The van der Waals surface area contributed by atoms with Gasteiger partial charge in [0, 0.05) is 12.8 Å². The summed E-state index contributed by atoms with van der Waals surface area (Å²) in [4.78, 5) is 24.4. The van der Waals surface area contributed by atoms with E-state index >= 15 is 0 Å². The maximum atomic E-state index is 12.7. The highest BCUT2D eigenvalue weighted by atomic mass is 32.2. The van der Waals surface area contributed by atoms with Crippen LogP contribution in [0, 0.1) is 0 Å². The van der Waals surface area contributed by atoms with Gasteiger partial charge in [-0.05, 0) is 48.2 Å². The van der Waals surface area contributed by atoms with Gasteiger partial charge in [-0.2, -0.15) is 16.8 Å². The molecular weight excluding hydrogens is 773 g/mol. The number of nitrogens with one attached hydrogen (secondary N) is 2. The van der Waals surface area contributed by atoms with Crippen molar-refractivity contribution in [3.05, 3.63) is 47.5 Å². The van der Waals surface area contributed by atoms with E-state index in [2.05, 4.69) is 24.5 Å². The van der Waals surface area contributed by atoms with E-state index in [9.17, 15) is 35.5 Å². The summed E-state index contributed by atoms with van der Waals surface area (Å²) in [5.41, 5.74) is 0.634. The van der Waals surface area contributed by atoms with Crippen molar-refractivity contribution in [2.24, 2.45) is 0 Å². The standard InChI is InChI=1S/C46H74N2O8S2/c1-3-5-7-9-11-13-15-17-19-21-23-25-27-29-45(49)47-41-35-33-39(37-43(41)57(51,52)53)31-32-40-34-36-42(44(38-40)58(54,55)56)48-46(50)30-28-26-24-22-20-18-16-14-12-10-8-6-4-2/h31-38H,3-30H2,1-2H3,(H,47,49)(H,48,50)(H,51,52,53)(H,54,55,56)/b32-31+. The first-order chi connectivity index (χ1) is 27.8. The second-order valence-corrected chi connectivity index (χ2v) is 18.7. The minimum Gasteiger partial charge on any atom is -0.325 e. The Morgan fingerprint density at radius 2 is 0.707 bits per heavy atom. The van der Waals surface area contributed by atoms with E-state index in [0.29, 0.717) is 24.0 Å². The fraction of sp³-hybridized carbons (Fsp3) is 0.652. The molecule has 2 aromatic rings. The van der Waals surface area contributed by atoms with Crippen molar-refractivity contribution in [3.8, 4) is 0 Å². The smallest absolute Gasteiger partial charge is 0.296 e. The topological polar surface area (TPSA) is 167 Å². The SMILES string of the molecule is CCCCCCCCCCCCCCCC(=O)Nc1ccc(/C=C/c2ccc(NC(=O)CCCCCCCCCCCCCCC)c(S(=O)(=O)O)c2)cc1S(=O)(=O)O. The maximum Gasteiger partial charge on any atom is 0.296 e. The fourth-order valence-electron chi connectivity index (χ4n) is 7.14. The number of anilines is 2. The quantitative estimate of drug-likeness (QED) is 0.0307. The molecule has 2 aromatic carbocycles. The Hall–Kier alpha value is -3.06. The van der Waals surface area contributed by atoms with Crippen LogP contribution in [0.4, 0.5) is 11.4 Å². The van der Waals surface area contributed by atoms with Crippen LogP contribution < -0.4 is 10.6 Å². The summed E-state index contributed by atoms with van der Waals surface area (Å²) in [5, 5.41) is 5.22. The van der Waals surface area contributed by atoms with Gasteiger partial charge in [0.15, 0.2) is 0 Å². The molecular formula is C46H74N2O8S2. The molecule has 58 heavy (non-hydrogen) atoms. The largest absolute Gasteiger partial charge is 0.325 e. The Kier molecular flexibility index (Phi) is 26.5. The molecule has 0 unspecified atom stereocenters. The second-order valence-electron chi connectivity index (χ2n) is 15.9.